The molecule has 0 saturated heterocycles. The number of hydrogen-bond donors (Lipinski definition) is 0. The maximum absolute atomic E-state index is 5.17. The Hall–Kier alpha value is -15.4. The fourth-order valence-electron chi connectivity index (χ4n) is 22.5. The van der Waals surface area contributed by atoms with Crippen molar-refractivity contribution in [2.75, 3.05) is 50.5 Å². The quantitative estimate of drug-likeness (QED) is 0.130. The second kappa shape index (κ2) is 34.0. The monoisotopic (exact) mass is 2360 g/mol. The van der Waals surface area contributed by atoms with E-state index >= 15 is 0 Å². The van der Waals surface area contributed by atoms with Gasteiger partial charge in [-0.3, -0.25) is 15.0 Å². The normalized spacial score (nSPS) is 13.3. The molecule has 0 amide bonds. The minimum atomic E-state index is 0. The molecule has 7 aromatic heterocycles. The van der Waals surface area contributed by atoms with Gasteiger partial charge >= 0.3 is 0 Å². The molecule has 0 saturated carbocycles. The smallest absolute Gasteiger partial charge is 0.133 e. The van der Waals surface area contributed by atoms with Crippen molar-refractivity contribution in [1.29, 1.82) is 0 Å². The van der Waals surface area contributed by atoms with Gasteiger partial charge in [-0.2, -0.15) is 38.2 Å². The number of rotatable bonds is 9. The molecule has 0 fully saturated rings. The van der Waals surface area contributed by atoms with Crippen molar-refractivity contribution in [3.63, 3.8) is 0 Å². The van der Waals surface area contributed by atoms with Gasteiger partial charge in [0, 0.05) is 141 Å². The zero-order chi connectivity index (χ0) is 91.6. The number of fused-ring (bicyclic) bond motifs is 26. The first-order valence-corrected chi connectivity index (χ1v) is 46.8. The summed E-state index contributed by atoms with van der Waals surface area (Å²) in [6.07, 6.45) is 4.82. The Kier molecular flexibility index (Phi) is 21.0. The molecule has 0 atom stereocenters. The van der Waals surface area contributed by atoms with E-state index in [1.54, 1.807) is 0 Å². The van der Waals surface area contributed by atoms with Gasteiger partial charge in [-0.1, -0.05) is 191 Å². The molecule has 0 spiro atoms. The summed E-state index contributed by atoms with van der Waals surface area (Å²) >= 11 is 0. The summed E-state index contributed by atoms with van der Waals surface area (Å²) < 4.78 is 13.4. The first kappa shape index (κ1) is 87.1. The van der Waals surface area contributed by atoms with E-state index in [0.29, 0.717) is 0 Å². The number of aromatic nitrogens is 10. The molecule has 3 aliphatic carbocycles. The topological polar surface area (TPSA) is 101 Å². The zero-order valence-corrected chi connectivity index (χ0v) is 84.1. The van der Waals surface area contributed by atoms with Crippen molar-refractivity contribution in [3.05, 3.63) is 430 Å². The summed E-state index contributed by atoms with van der Waals surface area (Å²) in [5.41, 5.74) is 44.0. The van der Waals surface area contributed by atoms with E-state index in [4.69, 9.17) is 19.9 Å². The van der Waals surface area contributed by atoms with Crippen LogP contribution in [0.25, 0.3) is 183 Å². The molecular weight excluding hydrogens is 2270 g/mol. The van der Waals surface area contributed by atoms with Crippen LogP contribution in [0.3, 0.4) is 0 Å². The summed E-state index contributed by atoms with van der Waals surface area (Å²) in [6.45, 7) is 6.38. The molecule has 0 radical (unpaired) electrons. The molecule has 0 N–H and O–H groups in total. The molecule has 0 bridgehead atoms. The van der Waals surface area contributed by atoms with E-state index in [1.165, 1.54) is 105 Å². The van der Waals surface area contributed by atoms with E-state index in [1.807, 2.05) is 18.2 Å². The summed E-state index contributed by atoms with van der Waals surface area (Å²) in [6, 6.07) is 141. The molecule has 17 aromatic carbocycles. The minimum absolute atomic E-state index is 0. The van der Waals surface area contributed by atoms with Gasteiger partial charge in [-0.25, -0.2) is 4.98 Å². The SMILES string of the molecule is CN1[CH-]N(c2[c-]c(-n3c4[c-]c(-c5nc6ccccc6n5C)ccc4c4c5c(ccc43)Cc3ccccc3-5)ccc2)c2ccccc21.CN1[CH-]N(c2[c-]c(-n3c4[c-]c(-c5nc6ccccc6n5C)ccc4c4c5c(cnc43)-c3ccccc3C5)ccc2)c2ccccc21.CN1[CH-]N(c2[c-]c(-n3c4[c-]c(-c5nc6ccccc6n5C)ccc4c4cc5c(cc43)Cc3ccccc3-5)ccc2)c2ccccc21.[Pt].[Pt].[Pt]. The molecule has 0 unspecified atom stereocenters. The van der Waals surface area contributed by atoms with E-state index in [9.17, 15) is 0 Å². The molecule has 6 aliphatic rings. The van der Waals surface area contributed by atoms with Crippen LogP contribution in [0.2, 0.25) is 0 Å². The van der Waals surface area contributed by atoms with Gasteiger partial charge in [0.25, 0.3) is 0 Å². The van der Waals surface area contributed by atoms with Crippen LogP contribution in [-0.4, -0.2) is 68.5 Å². The van der Waals surface area contributed by atoms with Gasteiger partial charge in [-0.05, 0) is 219 Å². The Bertz CT molecular complexity index is 9190. The average molecular weight is 2360 g/mol. The summed E-state index contributed by atoms with van der Waals surface area (Å²) in [5.74, 6) is 2.69. The number of aryl methyl sites for hydroxylation is 3. The minimum Gasteiger partial charge on any atom is -0.504 e. The third kappa shape index (κ3) is 13.6. The molecular formula is C122H83N16Pt3-9. The van der Waals surface area contributed by atoms with Crippen LogP contribution in [0.4, 0.5) is 51.2 Å². The van der Waals surface area contributed by atoms with Crippen molar-refractivity contribution in [1.82, 2.24) is 47.3 Å². The Morgan fingerprint density at radius 2 is 0.638 bits per heavy atom. The van der Waals surface area contributed by atoms with Crippen molar-refractivity contribution >= 4 is 150 Å². The van der Waals surface area contributed by atoms with Crippen LogP contribution >= 0.6 is 0 Å². The maximum atomic E-state index is 5.17. The Labute approximate surface area is 858 Å². The van der Waals surface area contributed by atoms with E-state index in [0.717, 1.165) is 182 Å². The largest absolute Gasteiger partial charge is 0.504 e. The van der Waals surface area contributed by atoms with Crippen LogP contribution in [0, 0.1) is 56.4 Å². The number of benzene rings is 17. The number of imidazole rings is 3. The fraction of sp³-hybridized carbons (Fsp3) is 0.0738. The second-order valence-corrected chi connectivity index (χ2v) is 36.7. The Balaban J connectivity index is 0.000000110. The molecule has 141 heavy (non-hydrogen) atoms. The summed E-state index contributed by atoms with van der Waals surface area (Å²) in [5, 5.41) is 7.14. The predicted molar refractivity (Wildman–Crippen MR) is 561 cm³/mol. The summed E-state index contributed by atoms with van der Waals surface area (Å²) in [4.78, 5) is 33.3. The maximum Gasteiger partial charge on any atom is 0.133 e. The van der Waals surface area contributed by atoms with Crippen molar-refractivity contribution in [3.8, 4) is 84.6 Å². The molecule has 30 rings (SSSR count). The molecule has 3 aliphatic heterocycles. The summed E-state index contributed by atoms with van der Waals surface area (Å²) in [7, 11) is 12.5. The standard InChI is InChI=1S/2C41H28N5.C40H27N6.3Pt/c1-43-25-45(36-17-8-7-16-35(36)43)29-11-9-12-30(24-29)46-37-21-19-27-22-26-10-3-4-13-31(26)39(27)40(37)32-20-18-28(23-38(32)46)41-42-33-14-5-6-15-34(33)44(41)2;1-43-25-45(38-17-8-7-16-37(38)43)29-11-9-12-30(23-29)46-39-21-27(41-42-35-14-5-6-15-36(35)44(41)2)18-19-32(39)34-24-33-28(22-40(34)46)20-26-10-3-4-13-31(26)33;1-43-24-45(36-17-8-7-16-35(36)43)27-11-9-12-28(22-27)46-37-21-26(39-42-33-14-5-6-15-34(33)44(39)2)18-19-30(37)38-31-20-25-10-3-4-13-29(25)32(31)23-41-40(38)46;;;/h3-21,25H,22H2,1-2H3;3-19,22,24-25H,20H2,1-2H3;3-19,23-24H,20H2,1-2H3;;;/q3*-3;;;. The molecule has 10 heterocycles. The molecule has 16 nitrogen and oxygen atoms in total. The van der Waals surface area contributed by atoms with Crippen LogP contribution in [0.1, 0.15) is 33.4 Å². The Morgan fingerprint density at radius 1 is 0.262 bits per heavy atom. The van der Waals surface area contributed by atoms with Gasteiger partial charge in [0.2, 0.25) is 0 Å². The van der Waals surface area contributed by atoms with Crippen LogP contribution < -0.4 is 29.4 Å². The predicted octanol–water partition coefficient (Wildman–Crippen LogP) is 27.0. The number of anilines is 9. The zero-order valence-electron chi connectivity index (χ0n) is 77.3. The van der Waals surface area contributed by atoms with Gasteiger partial charge in [0.15, 0.2) is 0 Å². The first-order valence-electron chi connectivity index (χ1n) is 46.8. The first-order chi connectivity index (χ1) is 67.9. The Morgan fingerprint density at radius 3 is 1.13 bits per heavy atom. The van der Waals surface area contributed by atoms with Gasteiger partial charge < -0.3 is 56.8 Å². The van der Waals surface area contributed by atoms with E-state index in [2.05, 4.69) is 477 Å². The number of para-hydroxylation sites is 12. The third-order valence-corrected chi connectivity index (χ3v) is 29.0. The van der Waals surface area contributed by atoms with Gasteiger partial charge in [-0.15, -0.1) is 143 Å². The van der Waals surface area contributed by atoms with Crippen LogP contribution in [0.5, 0.6) is 0 Å². The van der Waals surface area contributed by atoms with Gasteiger partial charge in [0.1, 0.15) is 5.65 Å². The third-order valence-electron chi connectivity index (χ3n) is 29.0. The van der Waals surface area contributed by atoms with Crippen molar-refractivity contribution < 1.29 is 63.2 Å². The van der Waals surface area contributed by atoms with Gasteiger partial charge in [0.05, 0.1) is 50.6 Å². The molecule has 19 heteroatoms. The van der Waals surface area contributed by atoms with Crippen molar-refractivity contribution in [2.45, 2.75) is 19.3 Å². The van der Waals surface area contributed by atoms with E-state index < -0.39 is 0 Å². The fourth-order valence-corrected chi connectivity index (χ4v) is 22.5. The van der Waals surface area contributed by atoms with Crippen LogP contribution in [0.15, 0.2) is 340 Å². The van der Waals surface area contributed by atoms with Crippen LogP contribution in [-0.2, 0) is 104 Å². The average Bonchev–Trinajstić information content (AvgIpc) is 1.56. The second-order valence-electron chi connectivity index (χ2n) is 36.7. The molecule has 24 aromatic rings. The van der Waals surface area contributed by atoms with E-state index in [-0.39, 0.29) is 63.2 Å². The number of hydrogen-bond acceptors (Lipinski definition) is 10. The number of pyridine rings is 1. The molecule has 690 valence electrons. The van der Waals surface area contributed by atoms with Crippen molar-refractivity contribution in [2.24, 2.45) is 21.1 Å². The number of nitrogens with zero attached hydrogens (tertiary/aromatic N) is 16.